The second kappa shape index (κ2) is 6.69. The highest BCUT2D eigenvalue weighted by Crippen LogP contribution is 2.09. The van der Waals surface area contributed by atoms with E-state index in [9.17, 15) is 21.6 Å². The largest absolute Gasteiger partial charge is 0.325 e. The lowest BCUT2D eigenvalue weighted by atomic mass is 10.2. The van der Waals surface area contributed by atoms with E-state index in [1.54, 1.807) is 12.1 Å². The van der Waals surface area contributed by atoms with Gasteiger partial charge in [0.15, 0.2) is 9.84 Å². The number of sulfone groups is 2. The molecule has 0 aromatic heterocycles. The number of nitrogens with zero attached hydrogens (tertiary/aromatic N) is 1. The van der Waals surface area contributed by atoms with Crippen LogP contribution in [0.15, 0.2) is 24.3 Å². The van der Waals surface area contributed by atoms with E-state index >= 15 is 0 Å². The molecule has 0 radical (unpaired) electrons. The Morgan fingerprint density at radius 2 is 1.90 bits per heavy atom. The third-order valence-corrected chi connectivity index (χ3v) is 5.12. The highest BCUT2D eigenvalue weighted by atomic mass is 32.2. The minimum Gasteiger partial charge on any atom is -0.325 e. The molecule has 1 amide bonds. The van der Waals surface area contributed by atoms with Crippen molar-refractivity contribution in [1.82, 2.24) is 0 Å². The van der Waals surface area contributed by atoms with Crippen LogP contribution in [0.25, 0.3) is 0 Å². The van der Waals surface area contributed by atoms with Gasteiger partial charge < -0.3 is 5.32 Å². The van der Waals surface area contributed by atoms with E-state index in [-0.39, 0.29) is 0 Å². The number of hydrogen-bond donors (Lipinski definition) is 1. The highest BCUT2D eigenvalue weighted by molar-refractivity contribution is 7.95. The molecule has 0 heterocycles. The number of nitriles is 1. The van der Waals surface area contributed by atoms with Crippen molar-refractivity contribution in [2.24, 2.45) is 0 Å². The second-order valence-electron chi connectivity index (χ2n) is 4.46. The molecule has 1 aromatic rings. The molecule has 0 saturated carbocycles. The topological polar surface area (TPSA) is 121 Å². The lowest BCUT2D eigenvalue weighted by Gasteiger charge is -2.06. The van der Waals surface area contributed by atoms with Crippen LogP contribution in [0.2, 0.25) is 0 Å². The van der Waals surface area contributed by atoms with Crippen LogP contribution in [0.4, 0.5) is 5.69 Å². The van der Waals surface area contributed by atoms with Gasteiger partial charge in [-0.1, -0.05) is 6.07 Å². The Balaban J connectivity index is 2.66. The predicted molar refractivity (Wildman–Crippen MR) is 78.2 cm³/mol. The number of carbonyl (C=O) groups is 1. The zero-order chi connectivity index (χ0) is 16.1. The molecule has 7 nitrogen and oxygen atoms in total. The van der Waals surface area contributed by atoms with Gasteiger partial charge in [0.05, 0.1) is 23.1 Å². The fourth-order valence-corrected chi connectivity index (χ4v) is 4.26. The predicted octanol–water partition coefficient (Wildman–Crippen LogP) is -0.0438. The molecule has 1 aromatic carbocycles. The van der Waals surface area contributed by atoms with Gasteiger partial charge in [-0.25, -0.2) is 16.8 Å². The van der Waals surface area contributed by atoms with Crippen molar-refractivity contribution >= 4 is 31.3 Å². The van der Waals surface area contributed by atoms with Crippen molar-refractivity contribution in [3.05, 3.63) is 29.8 Å². The summed E-state index contributed by atoms with van der Waals surface area (Å²) in [5.74, 6) is -2.71. The molecule has 0 aliphatic rings. The Labute approximate surface area is 123 Å². The van der Waals surface area contributed by atoms with Gasteiger partial charge in [-0.05, 0) is 18.2 Å². The number of carbonyl (C=O) groups excluding carboxylic acids is 1. The summed E-state index contributed by atoms with van der Waals surface area (Å²) in [5, 5.41) is 11.1. The molecule has 1 rings (SSSR count). The quantitative estimate of drug-likeness (QED) is 0.781. The zero-order valence-electron chi connectivity index (χ0n) is 11.2. The van der Waals surface area contributed by atoms with Crippen LogP contribution >= 0.6 is 0 Å². The van der Waals surface area contributed by atoms with Crippen molar-refractivity contribution in [3.63, 3.8) is 0 Å². The van der Waals surface area contributed by atoms with Crippen molar-refractivity contribution < 1.29 is 21.6 Å². The van der Waals surface area contributed by atoms with E-state index in [0.29, 0.717) is 11.3 Å². The fraction of sp³-hybridized carbons (Fsp3) is 0.333. The molecule has 0 fully saturated rings. The SMILES string of the molecule is CS(=O)(=O)CCS(=O)(=O)CC(=O)Nc1cccc(C#N)c1. The van der Waals surface area contributed by atoms with Gasteiger partial charge in [0.2, 0.25) is 5.91 Å². The van der Waals surface area contributed by atoms with Crippen LogP contribution in [0.1, 0.15) is 5.56 Å². The number of nitrogens with one attached hydrogen (secondary N) is 1. The maximum Gasteiger partial charge on any atom is 0.239 e. The van der Waals surface area contributed by atoms with Crippen LogP contribution in [0, 0.1) is 11.3 Å². The van der Waals surface area contributed by atoms with Gasteiger partial charge in [-0.2, -0.15) is 5.26 Å². The first-order valence-corrected chi connectivity index (χ1v) is 9.68. The average Bonchev–Trinajstić information content (AvgIpc) is 2.35. The van der Waals surface area contributed by atoms with E-state index in [0.717, 1.165) is 6.26 Å². The van der Waals surface area contributed by atoms with Crippen LogP contribution in [0.5, 0.6) is 0 Å². The van der Waals surface area contributed by atoms with Gasteiger partial charge in [-0.3, -0.25) is 4.79 Å². The number of amides is 1. The maximum atomic E-state index is 11.6. The molecule has 0 atom stereocenters. The maximum absolute atomic E-state index is 11.6. The van der Waals surface area contributed by atoms with E-state index in [4.69, 9.17) is 5.26 Å². The first-order valence-electron chi connectivity index (χ1n) is 5.79. The van der Waals surface area contributed by atoms with Crippen molar-refractivity contribution in [3.8, 4) is 6.07 Å². The number of anilines is 1. The monoisotopic (exact) mass is 330 g/mol. The summed E-state index contributed by atoms with van der Waals surface area (Å²) in [5.41, 5.74) is 0.630. The zero-order valence-corrected chi connectivity index (χ0v) is 12.9. The van der Waals surface area contributed by atoms with Crippen molar-refractivity contribution in [2.45, 2.75) is 0 Å². The first kappa shape index (κ1) is 17.1. The molecule has 114 valence electrons. The Morgan fingerprint density at radius 1 is 1.24 bits per heavy atom. The summed E-state index contributed by atoms with van der Waals surface area (Å²) < 4.78 is 45.1. The van der Waals surface area contributed by atoms with E-state index in [1.165, 1.54) is 12.1 Å². The summed E-state index contributed by atoms with van der Waals surface area (Å²) >= 11 is 0. The summed E-state index contributed by atoms with van der Waals surface area (Å²) in [4.78, 5) is 11.6. The number of hydrogen-bond acceptors (Lipinski definition) is 6. The molecule has 0 aliphatic heterocycles. The van der Waals surface area contributed by atoms with E-state index in [1.807, 2.05) is 6.07 Å². The van der Waals surface area contributed by atoms with Crippen LogP contribution in [-0.2, 0) is 24.5 Å². The van der Waals surface area contributed by atoms with Gasteiger partial charge in [-0.15, -0.1) is 0 Å². The molecule has 21 heavy (non-hydrogen) atoms. The molecular weight excluding hydrogens is 316 g/mol. The molecule has 0 unspecified atom stereocenters. The third-order valence-electron chi connectivity index (χ3n) is 2.39. The summed E-state index contributed by atoms with van der Waals surface area (Å²) in [6.45, 7) is 0. The second-order valence-corrected chi connectivity index (χ2v) is 8.91. The van der Waals surface area contributed by atoms with E-state index in [2.05, 4.69) is 5.32 Å². The lowest BCUT2D eigenvalue weighted by molar-refractivity contribution is -0.113. The van der Waals surface area contributed by atoms with Gasteiger partial charge in [0.25, 0.3) is 0 Å². The summed E-state index contributed by atoms with van der Waals surface area (Å²) in [6, 6.07) is 7.90. The molecule has 0 saturated heterocycles. The first-order chi connectivity index (χ1) is 9.61. The van der Waals surface area contributed by atoms with Gasteiger partial charge in [0, 0.05) is 11.9 Å². The number of benzene rings is 1. The molecular formula is C12H14N2O5S2. The van der Waals surface area contributed by atoms with Crippen LogP contribution < -0.4 is 5.32 Å². The Hall–Kier alpha value is -1.92. The fourth-order valence-electron chi connectivity index (χ4n) is 1.41. The summed E-state index contributed by atoms with van der Waals surface area (Å²) in [7, 11) is -7.21. The standard InChI is InChI=1S/C12H14N2O5S2/c1-20(16,17)5-6-21(18,19)9-12(15)14-11-4-2-3-10(7-11)8-13/h2-4,7H,5-6,9H2,1H3,(H,14,15). The number of rotatable bonds is 6. The summed E-state index contributed by atoms with van der Waals surface area (Å²) in [6.07, 6.45) is 0.927. The third kappa shape index (κ3) is 6.87. The van der Waals surface area contributed by atoms with Gasteiger partial charge >= 0.3 is 0 Å². The lowest BCUT2D eigenvalue weighted by Crippen LogP contribution is -2.27. The minimum absolute atomic E-state index is 0.303. The van der Waals surface area contributed by atoms with Crippen LogP contribution in [0.3, 0.4) is 0 Å². The van der Waals surface area contributed by atoms with E-state index < -0.39 is 42.8 Å². The Bertz CT molecular complexity index is 776. The van der Waals surface area contributed by atoms with Gasteiger partial charge in [0.1, 0.15) is 15.6 Å². The Morgan fingerprint density at radius 3 is 2.48 bits per heavy atom. The molecule has 1 N–H and O–H groups in total. The average molecular weight is 330 g/mol. The minimum atomic E-state index is -3.81. The molecule has 9 heteroatoms. The molecule has 0 aliphatic carbocycles. The highest BCUT2D eigenvalue weighted by Gasteiger charge is 2.19. The molecule has 0 bridgehead atoms. The molecule has 0 spiro atoms. The normalized spacial score (nSPS) is 11.6. The van der Waals surface area contributed by atoms with Crippen molar-refractivity contribution in [2.75, 3.05) is 28.8 Å². The smallest absolute Gasteiger partial charge is 0.239 e. The van der Waals surface area contributed by atoms with Crippen molar-refractivity contribution in [1.29, 1.82) is 5.26 Å². The van der Waals surface area contributed by atoms with Crippen LogP contribution in [-0.4, -0.2) is 46.3 Å². The Kier molecular flexibility index (Phi) is 5.46.